The zero-order chi connectivity index (χ0) is 13.1. The molecule has 0 fully saturated rings. The normalized spacial score (nSPS) is 12.6. The van der Waals surface area contributed by atoms with Crippen LogP contribution >= 0.6 is 0 Å². The summed E-state index contributed by atoms with van der Waals surface area (Å²) in [7, 11) is 1.61. The molecule has 0 amide bonds. The molecule has 0 aliphatic rings. The number of nitrogens with zero attached hydrogens (tertiary/aromatic N) is 1. The number of nitrogens with one attached hydrogen (secondary N) is 1. The summed E-state index contributed by atoms with van der Waals surface area (Å²) in [5.74, 6) is -0.401. The molecule has 2 aromatic rings. The Morgan fingerprint density at radius 3 is 3.06 bits per heavy atom. The molecule has 18 heavy (non-hydrogen) atoms. The van der Waals surface area contributed by atoms with Crippen LogP contribution < -0.4 is 11.1 Å². The van der Waals surface area contributed by atoms with E-state index in [0.717, 1.165) is 5.39 Å². The molecule has 0 spiro atoms. The van der Waals surface area contributed by atoms with Gasteiger partial charge >= 0.3 is 0 Å². The van der Waals surface area contributed by atoms with Crippen molar-refractivity contribution in [1.82, 2.24) is 4.98 Å². The molecule has 1 aromatic heterocycles. The minimum atomic E-state index is -0.401. The van der Waals surface area contributed by atoms with E-state index in [1.165, 1.54) is 6.07 Å². The summed E-state index contributed by atoms with van der Waals surface area (Å²) in [6, 6.07) is 4.91. The van der Waals surface area contributed by atoms with Crippen LogP contribution in [0.3, 0.4) is 0 Å². The summed E-state index contributed by atoms with van der Waals surface area (Å²) >= 11 is 0. The van der Waals surface area contributed by atoms with Crippen LogP contribution in [-0.4, -0.2) is 24.7 Å². The topological polar surface area (TPSA) is 60.2 Å². The molecule has 5 heteroatoms. The number of pyridine rings is 1. The quantitative estimate of drug-likeness (QED) is 0.817. The van der Waals surface area contributed by atoms with Crippen molar-refractivity contribution in [2.45, 2.75) is 13.0 Å². The van der Waals surface area contributed by atoms with Crippen molar-refractivity contribution >= 4 is 22.3 Å². The summed E-state index contributed by atoms with van der Waals surface area (Å²) in [6.07, 6.45) is 1.60. The summed E-state index contributed by atoms with van der Waals surface area (Å²) in [5.41, 5.74) is 7.07. The Morgan fingerprint density at radius 2 is 2.33 bits per heavy atom. The summed E-state index contributed by atoms with van der Waals surface area (Å²) in [5, 5.41) is 3.76. The van der Waals surface area contributed by atoms with Gasteiger partial charge in [-0.05, 0) is 25.1 Å². The lowest BCUT2D eigenvalue weighted by molar-refractivity contribution is 0.129. The van der Waals surface area contributed by atoms with Gasteiger partial charge in [0.05, 0.1) is 17.3 Å². The zero-order valence-electron chi connectivity index (χ0n) is 10.4. The highest BCUT2D eigenvalue weighted by Gasteiger charge is 2.12. The number of rotatable bonds is 4. The van der Waals surface area contributed by atoms with E-state index in [-0.39, 0.29) is 6.10 Å². The number of methoxy groups -OCH3 is 1. The van der Waals surface area contributed by atoms with E-state index in [2.05, 4.69) is 10.3 Å². The third-order valence-corrected chi connectivity index (χ3v) is 2.85. The number of benzene rings is 1. The van der Waals surface area contributed by atoms with Gasteiger partial charge in [-0.25, -0.2) is 4.39 Å². The average molecular weight is 249 g/mol. The number of anilines is 2. The summed E-state index contributed by atoms with van der Waals surface area (Å²) in [6.45, 7) is 2.40. The molecule has 0 bridgehead atoms. The Bertz CT molecular complexity index is 559. The first-order chi connectivity index (χ1) is 8.63. The zero-order valence-corrected chi connectivity index (χ0v) is 10.4. The van der Waals surface area contributed by atoms with Crippen molar-refractivity contribution in [3.8, 4) is 0 Å². The summed E-state index contributed by atoms with van der Waals surface area (Å²) < 4.78 is 19.0. The lowest BCUT2D eigenvalue weighted by Gasteiger charge is -2.14. The standard InChI is InChI=1S/C13H16FN3O/c1-8(18-2)7-17-13-10(14)6-11(15)9-4-3-5-16-12(9)13/h3-6,8,17H,7,15H2,1-2H3. The van der Waals surface area contributed by atoms with E-state index in [1.807, 2.05) is 13.0 Å². The number of aromatic nitrogens is 1. The molecular weight excluding hydrogens is 233 g/mol. The molecule has 0 aliphatic heterocycles. The molecular formula is C13H16FN3O. The van der Waals surface area contributed by atoms with E-state index in [0.29, 0.717) is 23.4 Å². The van der Waals surface area contributed by atoms with Crippen LogP contribution in [0.25, 0.3) is 10.9 Å². The lowest BCUT2D eigenvalue weighted by atomic mass is 10.1. The van der Waals surface area contributed by atoms with Crippen LogP contribution in [0, 0.1) is 5.82 Å². The van der Waals surface area contributed by atoms with Gasteiger partial charge in [-0.3, -0.25) is 4.98 Å². The van der Waals surface area contributed by atoms with Gasteiger partial charge in [0.1, 0.15) is 0 Å². The molecule has 1 unspecified atom stereocenters. The van der Waals surface area contributed by atoms with Crippen molar-refractivity contribution in [1.29, 1.82) is 0 Å². The monoisotopic (exact) mass is 249 g/mol. The van der Waals surface area contributed by atoms with Crippen LogP contribution in [0.15, 0.2) is 24.4 Å². The van der Waals surface area contributed by atoms with Crippen molar-refractivity contribution in [2.24, 2.45) is 0 Å². The van der Waals surface area contributed by atoms with Gasteiger partial charge in [0.15, 0.2) is 5.82 Å². The number of halogens is 1. The summed E-state index contributed by atoms with van der Waals surface area (Å²) in [4.78, 5) is 4.18. The van der Waals surface area contributed by atoms with Crippen molar-refractivity contribution in [3.63, 3.8) is 0 Å². The number of hydrogen-bond donors (Lipinski definition) is 2. The number of nitrogen functional groups attached to an aromatic ring is 1. The van der Waals surface area contributed by atoms with Gasteiger partial charge in [-0.2, -0.15) is 0 Å². The second-order valence-corrected chi connectivity index (χ2v) is 4.15. The Labute approximate surface area is 105 Å². The highest BCUT2D eigenvalue weighted by atomic mass is 19.1. The predicted molar refractivity (Wildman–Crippen MR) is 71.1 cm³/mol. The maximum Gasteiger partial charge on any atom is 0.150 e. The fourth-order valence-electron chi connectivity index (χ4n) is 1.73. The SMILES string of the molecule is COC(C)CNc1c(F)cc(N)c2cccnc12. The van der Waals surface area contributed by atoms with Gasteiger partial charge in [0.2, 0.25) is 0 Å². The van der Waals surface area contributed by atoms with Gasteiger partial charge in [0.25, 0.3) is 0 Å². The maximum atomic E-state index is 13.9. The molecule has 4 nitrogen and oxygen atoms in total. The highest BCUT2D eigenvalue weighted by Crippen LogP contribution is 2.29. The highest BCUT2D eigenvalue weighted by molar-refractivity contribution is 5.98. The first kappa shape index (κ1) is 12.6. The molecule has 1 aromatic carbocycles. The first-order valence-electron chi connectivity index (χ1n) is 5.73. The van der Waals surface area contributed by atoms with E-state index in [9.17, 15) is 4.39 Å². The number of nitrogens with two attached hydrogens (primary N) is 1. The Hall–Kier alpha value is -1.88. The molecule has 96 valence electrons. The molecule has 1 heterocycles. The maximum absolute atomic E-state index is 13.9. The molecule has 0 saturated carbocycles. The minimum absolute atomic E-state index is 0.0132. The average Bonchev–Trinajstić information content (AvgIpc) is 2.38. The van der Waals surface area contributed by atoms with Crippen molar-refractivity contribution < 1.29 is 9.13 Å². The third kappa shape index (κ3) is 2.36. The van der Waals surface area contributed by atoms with Gasteiger partial charge in [0, 0.05) is 30.9 Å². The molecule has 0 aliphatic carbocycles. The molecule has 3 N–H and O–H groups in total. The second-order valence-electron chi connectivity index (χ2n) is 4.15. The van der Waals surface area contributed by atoms with Gasteiger partial charge in [-0.15, -0.1) is 0 Å². The van der Waals surface area contributed by atoms with E-state index in [4.69, 9.17) is 10.5 Å². The Balaban J connectivity index is 2.43. The van der Waals surface area contributed by atoms with Crippen LogP contribution in [0.4, 0.5) is 15.8 Å². The molecule has 0 saturated heterocycles. The van der Waals surface area contributed by atoms with Crippen LogP contribution in [0.1, 0.15) is 6.92 Å². The minimum Gasteiger partial charge on any atom is -0.398 e. The number of ether oxygens (including phenoxy) is 1. The second kappa shape index (κ2) is 5.18. The van der Waals surface area contributed by atoms with Gasteiger partial charge < -0.3 is 15.8 Å². The Morgan fingerprint density at radius 1 is 1.56 bits per heavy atom. The van der Waals surface area contributed by atoms with Crippen LogP contribution in [0.5, 0.6) is 0 Å². The largest absolute Gasteiger partial charge is 0.398 e. The molecule has 0 radical (unpaired) electrons. The third-order valence-electron chi connectivity index (χ3n) is 2.85. The molecule has 1 atom stereocenters. The van der Waals surface area contributed by atoms with Gasteiger partial charge in [-0.1, -0.05) is 0 Å². The number of hydrogen-bond acceptors (Lipinski definition) is 4. The fraction of sp³-hybridized carbons (Fsp3) is 0.308. The van der Waals surface area contributed by atoms with Crippen LogP contribution in [-0.2, 0) is 4.74 Å². The predicted octanol–water partition coefficient (Wildman–Crippen LogP) is 2.40. The smallest absolute Gasteiger partial charge is 0.150 e. The number of fused-ring (bicyclic) bond motifs is 1. The van der Waals surface area contributed by atoms with E-state index < -0.39 is 5.82 Å². The Kier molecular flexibility index (Phi) is 3.62. The molecule has 2 rings (SSSR count). The lowest BCUT2D eigenvalue weighted by Crippen LogP contribution is -2.19. The first-order valence-corrected chi connectivity index (χ1v) is 5.73. The van der Waals surface area contributed by atoms with Crippen molar-refractivity contribution in [2.75, 3.05) is 24.7 Å². The van der Waals surface area contributed by atoms with E-state index >= 15 is 0 Å². The van der Waals surface area contributed by atoms with E-state index in [1.54, 1.807) is 19.4 Å². The fourth-order valence-corrected chi connectivity index (χ4v) is 1.73. The van der Waals surface area contributed by atoms with Crippen LogP contribution in [0.2, 0.25) is 0 Å². The van der Waals surface area contributed by atoms with Crippen molar-refractivity contribution in [3.05, 3.63) is 30.2 Å².